The van der Waals surface area contributed by atoms with E-state index in [2.05, 4.69) is 0 Å². The fourth-order valence-corrected chi connectivity index (χ4v) is 5.34. The maximum Gasteiger partial charge on any atom is 0.335 e. The molecule has 9 nitrogen and oxygen atoms in total. The molecule has 4 N–H and O–H groups in total. The first-order valence-electron chi connectivity index (χ1n) is 14.9. The molecular weight excluding hydrogens is 624 g/mol. The first-order valence-corrected chi connectivity index (χ1v) is 14.9. The average Bonchev–Trinajstić information content (AvgIpc) is 3.11. The highest BCUT2D eigenvalue weighted by atomic mass is 16.5. The van der Waals surface area contributed by atoms with Crippen LogP contribution in [0.3, 0.4) is 0 Å². The molecule has 0 amide bonds. The highest BCUT2D eigenvalue weighted by Crippen LogP contribution is 2.37. The van der Waals surface area contributed by atoms with Gasteiger partial charge in [0.1, 0.15) is 11.5 Å². The Morgan fingerprint density at radius 2 is 0.510 bits per heavy atom. The highest BCUT2D eigenvalue weighted by Gasteiger charge is 2.13. The molecule has 0 saturated carbocycles. The Bertz CT molecular complexity index is 1910. The summed E-state index contributed by atoms with van der Waals surface area (Å²) in [5.74, 6) is -3.32. The van der Waals surface area contributed by atoms with E-state index in [1.165, 1.54) is 48.5 Å². The summed E-state index contributed by atoms with van der Waals surface area (Å²) in [5.41, 5.74) is 6.33. The quantitative estimate of drug-likeness (QED) is 0.114. The summed E-state index contributed by atoms with van der Waals surface area (Å²) in [7, 11) is 0. The number of carboxylic acid groups (broad SMARTS) is 4. The van der Waals surface area contributed by atoms with E-state index in [0.717, 1.165) is 44.5 Å². The third kappa shape index (κ3) is 7.21. The zero-order chi connectivity index (χ0) is 34.7. The number of carbonyl (C=O) groups is 4. The van der Waals surface area contributed by atoms with Gasteiger partial charge in [-0.15, -0.1) is 0 Å². The number of rotatable bonds is 10. The van der Waals surface area contributed by atoms with Gasteiger partial charge in [-0.3, -0.25) is 0 Å². The van der Waals surface area contributed by atoms with E-state index in [0.29, 0.717) is 11.5 Å². The summed E-state index contributed by atoms with van der Waals surface area (Å²) < 4.78 is 6.50. The minimum Gasteiger partial charge on any atom is -0.478 e. The molecule has 0 saturated heterocycles. The monoisotopic (exact) mass is 650 g/mol. The Morgan fingerprint density at radius 3 is 0.694 bits per heavy atom. The van der Waals surface area contributed by atoms with Gasteiger partial charge < -0.3 is 25.2 Å². The number of benzene rings is 6. The lowest BCUT2D eigenvalue weighted by atomic mass is 9.96. The van der Waals surface area contributed by atoms with Crippen LogP contribution in [-0.4, -0.2) is 44.3 Å². The molecule has 49 heavy (non-hydrogen) atoms. The standard InChI is InChI=1S/C40H26O9/c41-37(42)27-9-1-23(2-10-27)31-17-32(24-3-11-28(12-4-24)38(43)44)20-35(19-31)49-36-21-33(25-5-13-29(14-6-25)39(45)46)18-34(22-36)26-7-15-30(16-8-26)40(47)48/h1-22H,(H,41,42)(H,43,44)(H,45,46)(H,47,48). The lowest BCUT2D eigenvalue weighted by Crippen LogP contribution is -1.96. The topological polar surface area (TPSA) is 158 Å². The van der Waals surface area contributed by atoms with Gasteiger partial charge >= 0.3 is 23.9 Å². The second-order valence-corrected chi connectivity index (χ2v) is 11.1. The van der Waals surface area contributed by atoms with Crippen molar-refractivity contribution < 1.29 is 44.3 Å². The fourth-order valence-electron chi connectivity index (χ4n) is 5.34. The molecule has 6 rings (SSSR count). The smallest absolute Gasteiger partial charge is 0.335 e. The van der Waals surface area contributed by atoms with Gasteiger partial charge in [-0.2, -0.15) is 0 Å². The van der Waals surface area contributed by atoms with Crippen molar-refractivity contribution in [1.29, 1.82) is 0 Å². The van der Waals surface area contributed by atoms with Crippen molar-refractivity contribution in [2.75, 3.05) is 0 Å². The van der Waals surface area contributed by atoms with E-state index < -0.39 is 23.9 Å². The van der Waals surface area contributed by atoms with Crippen LogP contribution in [0.4, 0.5) is 0 Å². The Kier molecular flexibility index (Phi) is 8.73. The summed E-state index contributed by atoms with van der Waals surface area (Å²) in [6, 6.07) is 36.6. The van der Waals surface area contributed by atoms with E-state index in [1.807, 2.05) is 12.1 Å². The van der Waals surface area contributed by atoms with Crippen LogP contribution in [0.1, 0.15) is 41.4 Å². The largest absolute Gasteiger partial charge is 0.478 e. The van der Waals surface area contributed by atoms with E-state index in [1.54, 1.807) is 72.8 Å². The summed E-state index contributed by atoms with van der Waals surface area (Å²) in [6.07, 6.45) is 0. The Hall–Kier alpha value is -7.00. The predicted molar refractivity (Wildman–Crippen MR) is 183 cm³/mol. The van der Waals surface area contributed by atoms with Gasteiger partial charge in [0.15, 0.2) is 0 Å². The summed E-state index contributed by atoms with van der Waals surface area (Å²) >= 11 is 0. The molecule has 0 aliphatic carbocycles. The Labute approximate surface area is 279 Å². The van der Waals surface area contributed by atoms with Gasteiger partial charge in [-0.25, -0.2) is 19.2 Å². The molecule has 0 bridgehead atoms. The summed E-state index contributed by atoms with van der Waals surface area (Å²) in [6.45, 7) is 0. The van der Waals surface area contributed by atoms with Crippen LogP contribution in [0.25, 0.3) is 44.5 Å². The molecule has 0 aromatic heterocycles. The molecule has 0 unspecified atom stereocenters. The number of ether oxygens (including phenoxy) is 1. The van der Waals surface area contributed by atoms with Crippen LogP contribution in [0.15, 0.2) is 133 Å². The summed E-state index contributed by atoms with van der Waals surface area (Å²) in [5, 5.41) is 37.5. The first-order chi connectivity index (χ1) is 23.5. The number of hydrogen-bond acceptors (Lipinski definition) is 5. The van der Waals surface area contributed by atoms with E-state index >= 15 is 0 Å². The molecule has 9 heteroatoms. The van der Waals surface area contributed by atoms with E-state index in [-0.39, 0.29) is 22.3 Å². The van der Waals surface area contributed by atoms with E-state index in [9.17, 15) is 39.6 Å². The number of aromatic carboxylic acids is 4. The maximum atomic E-state index is 11.5. The summed E-state index contributed by atoms with van der Waals surface area (Å²) in [4.78, 5) is 45.8. The normalized spacial score (nSPS) is 10.7. The second-order valence-electron chi connectivity index (χ2n) is 11.1. The molecule has 0 aliphatic rings. The molecule has 0 fully saturated rings. The predicted octanol–water partition coefficient (Wildman–Crippen LogP) is 8.94. The Morgan fingerprint density at radius 1 is 0.306 bits per heavy atom. The number of hydrogen-bond donors (Lipinski definition) is 4. The molecule has 0 atom stereocenters. The Balaban J connectivity index is 1.46. The molecular formula is C40H26O9. The van der Waals surface area contributed by atoms with Gasteiger partial charge in [0.25, 0.3) is 0 Å². The number of carboxylic acids is 4. The van der Waals surface area contributed by atoms with Crippen LogP contribution in [-0.2, 0) is 0 Å². The van der Waals surface area contributed by atoms with Crippen molar-refractivity contribution >= 4 is 23.9 Å². The molecule has 0 radical (unpaired) electrons. The first kappa shape index (κ1) is 32.0. The van der Waals surface area contributed by atoms with Gasteiger partial charge in [0.05, 0.1) is 22.3 Å². The zero-order valence-electron chi connectivity index (χ0n) is 25.5. The van der Waals surface area contributed by atoms with Crippen LogP contribution >= 0.6 is 0 Å². The van der Waals surface area contributed by atoms with Gasteiger partial charge in [-0.05, 0) is 129 Å². The minimum atomic E-state index is -1.05. The molecule has 0 spiro atoms. The SMILES string of the molecule is O=C(O)c1ccc(-c2cc(Oc3cc(-c4ccc(C(=O)O)cc4)cc(-c4ccc(C(=O)O)cc4)c3)cc(-c3ccc(C(=O)O)cc3)c2)cc1. The third-order valence-corrected chi connectivity index (χ3v) is 7.91. The van der Waals surface area contributed by atoms with Gasteiger partial charge in [0, 0.05) is 0 Å². The molecule has 6 aromatic carbocycles. The van der Waals surface area contributed by atoms with Crippen LogP contribution < -0.4 is 4.74 Å². The maximum absolute atomic E-state index is 11.5. The van der Waals surface area contributed by atoms with E-state index in [4.69, 9.17) is 4.74 Å². The highest BCUT2D eigenvalue weighted by molar-refractivity contribution is 5.91. The average molecular weight is 651 g/mol. The van der Waals surface area contributed by atoms with Crippen LogP contribution in [0.2, 0.25) is 0 Å². The lowest BCUT2D eigenvalue weighted by molar-refractivity contribution is 0.0686. The zero-order valence-corrected chi connectivity index (χ0v) is 25.5. The lowest BCUT2D eigenvalue weighted by Gasteiger charge is -2.15. The van der Waals surface area contributed by atoms with Crippen molar-refractivity contribution in [3.63, 3.8) is 0 Å². The molecule has 0 heterocycles. The molecule has 6 aromatic rings. The van der Waals surface area contributed by atoms with Crippen LogP contribution in [0.5, 0.6) is 11.5 Å². The minimum absolute atomic E-state index is 0.137. The van der Waals surface area contributed by atoms with Crippen molar-refractivity contribution in [2.45, 2.75) is 0 Å². The molecule has 240 valence electrons. The fraction of sp³-hybridized carbons (Fsp3) is 0. The van der Waals surface area contributed by atoms with Crippen molar-refractivity contribution in [1.82, 2.24) is 0 Å². The second kappa shape index (κ2) is 13.4. The van der Waals surface area contributed by atoms with Crippen molar-refractivity contribution in [2.24, 2.45) is 0 Å². The third-order valence-electron chi connectivity index (χ3n) is 7.91. The van der Waals surface area contributed by atoms with Crippen molar-refractivity contribution in [3.05, 3.63) is 156 Å². The van der Waals surface area contributed by atoms with Crippen molar-refractivity contribution in [3.8, 4) is 56.0 Å². The van der Waals surface area contributed by atoms with Gasteiger partial charge in [-0.1, -0.05) is 48.5 Å². The van der Waals surface area contributed by atoms with Crippen LogP contribution in [0, 0.1) is 0 Å². The van der Waals surface area contributed by atoms with Gasteiger partial charge in [0.2, 0.25) is 0 Å². The molecule has 0 aliphatic heterocycles.